The van der Waals surface area contributed by atoms with E-state index in [0.29, 0.717) is 6.41 Å². The van der Waals surface area contributed by atoms with Gasteiger partial charge in [0, 0.05) is 0 Å². The van der Waals surface area contributed by atoms with Gasteiger partial charge in [0.15, 0.2) is 0 Å². The molecule has 2 rings (SSSR count). The summed E-state index contributed by atoms with van der Waals surface area (Å²) in [5.41, 5.74) is 1.78. The summed E-state index contributed by atoms with van der Waals surface area (Å²) < 4.78 is 1.76. The average molecular weight is 218 g/mol. The number of amides is 1. The molecule has 1 unspecified atom stereocenters. The van der Waals surface area contributed by atoms with Gasteiger partial charge in [-0.2, -0.15) is 0 Å². The maximum Gasteiger partial charge on any atom is 0.208 e. The summed E-state index contributed by atoms with van der Waals surface area (Å²) in [5, 5.41) is 10.9. The molecule has 1 aromatic heterocycles. The van der Waals surface area contributed by atoms with Crippen LogP contribution in [-0.4, -0.2) is 21.4 Å². The summed E-state index contributed by atoms with van der Waals surface area (Å²) in [7, 11) is 0. The molecule has 1 N–H and O–H groups in total. The van der Waals surface area contributed by atoms with Crippen LogP contribution in [0.1, 0.15) is 25.9 Å². The van der Waals surface area contributed by atoms with Crippen molar-refractivity contribution in [1.29, 1.82) is 0 Å². The molecule has 1 amide bonds. The van der Waals surface area contributed by atoms with Gasteiger partial charge in [-0.3, -0.25) is 4.79 Å². The van der Waals surface area contributed by atoms with Crippen LogP contribution in [0.2, 0.25) is 0 Å². The van der Waals surface area contributed by atoms with Gasteiger partial charge < -0.3 is 5.32 Å². The van der Waals surface area contributed by atoms with Crippen LogP contribution in [0, 0.1) is 0 Å². The Kier molecular flexibility index (Phi) is 3.14. The Morgan fingerprint density at radius 2 is 2.31 bits per heavy atom. The molecular formula is C11H14N4O. The lowest BCUT2D eigenvalue weighted by Gasteiger charge is -2.15. The maximum atomic E-state index is 10.5. The van der Waals surface area contributed by atoms with Gasteiger partial charge in [-0.15, -0.1) is 5.10 Å². The van der Waals surface area contributed by atoms with E-state index in [2.05, 4.69) is 22.6 Å². The zero-order valence-electron chi connectivity index (χ0n) is 9.13. The summed E-state index contributed by atoms with van der Waals surface area (Å²) in [6.45, 7) is 2.07. The van der Waals surface area contributed by atoms with Gasteiger partial charge in [0.2, 0.25) is 6.41 Å². The van der Waals surface area contributed by atoms with Crippen LogP contribution in [0.5, 0.6) is 0 Å². The second kappa shape index (κ2) is 4.74. The number of nitrogens with one attached hydrogen (secondary N) is 1. The summed E-state index contributed by atoms with van der Waals surface area (Å²) in [4.78, 5) is 10.5. The first-order valence-corrected chi connectivity index (χ1v) is 5.36. The molecule has 0 radical (unpaired) electrons. The minimum Gasteiger partial charge on any atom is -0.337 e. The first-order chi connectivity index (χ1) is 7.86. The van der Waals surface area contributed by atoms with Gasteiger partial charge in [-0.1, -0.05) is 30.7 Å². The van der Waals surface area contributed by atoms with Crippen molar-refractivity contribution in [3.63, 3.8) is 0 Å². The Balaban J connectivity index is 2.39. The normalized spacial score (nSPS) is 12.6. The van der Waals surface area contributed by atoms with Crippen LogP contribution in [0.15, 0.2) is 24.3 Å². The topological polar surface area (TPSA) is 59.8 Å². The molecule has 1 aromatic carbocycles. The molecule has 5 heteroatoms. The summed E-state index contributed by atoms with van der Waals surface area (Å²) in [5.74, 6) is 0. The van der Waals surface area contributed by atoms with Crippen molar-refractivity contribution in [3.05, 3.63) is 24.3 Å². The van der Waals surface area contributed by atoms with E-state index in [0.717, 1.165) is 23.9 Å². The molecule has 0 saturated carbocycles. The van der Waals surface area contributed by atoms with E-state index in [4.69, 9.17) is 0 Å². The predicted molar refractivity (Wildman–Crippen MR) is 60.7 cm³/mol. The lowest BCUT2D eigenvalue weighted by atomic mass is 10.2. The quantitative estimate of drug-likeness (QED) is 0.773. The van der Waals surface area contributed by atoms with Gasteiger partial charge in [0.1, 0.15) is 11.7 Å². The number of hydrogen-bond donors (Lipinski definition) is 1. The third kappa shape index (κ3) is 1.88. The fraction of sp³-hybridized carbons (Fsp3) is 0.364. The Morgan fingerprint density at radius 1 is 1.50 bits per heavy atom. The highest BCUT2D eigenvalue weighted by Gasteiger charge is 2.13. The van der Waals surface area contributed by atoms with Crippen molar-refractivity contribution < 1.29 is 4.79 Å². The number of nitrogens with zero attached hydrogens (tertiary/aromatic N) is 3. The van der Waals surface area contributed by atoms with Gasteiger partial charge >= 0.3 is 0 Å². The third-order valence-electron chi connectivity index (χ3n) is 2.50. The van der Waals surface area contributed by atoms with E-state index < -0.39 is 0 Å². The largest absolute Gasteiger partial charge is 0.337 e. The molecule has 0 spiro atoms. The molecule has 0 aliphatic rings. The molecule has 1 atom stereocenters. The highest BCUT2D eigenvalue weighted by atomic mass is 16.1. The monoisotopic (exact) mass is 218 g/mol. The molecule has 0 bridgehead atoms. The second-order valence-electron chi connectivity index (χ2n) is 3.61. The molecule has 0 aliphatic carbocycles. The Morgan fingerprint density at radius 3 is 3.06 bits per heavy atom. The number of benzene rings is 1. The third-order valence-corrected chi connectivity index (χ3v) is 2.50. The van der Waals surface area contributed by atoms with Gasteiger partial charge in [-0.25, -0.2) is 4.68 Å². The molecular weight excluding hydrogens is 204 g/mol. The Hall–Kier alpha value is -1.91. The van der Waals surface area contributed by atoms with Gasteiger partial charge in [0.05, 0.1) is 5.52 Å². The second-order valence-corrected chi connectivity index (χ2v) is 3.61. The fourth-order valence-corrected chi connectivity index (χ4v) is 1.75. The molecule has 2 aromatic rings. The first kappa shape index (κ1) is 10.6. The van der Waals surface area contributed by atoms with E-state index in [1.807, 2.05) is 24.3 Å². The lowest BCUT2D eigenvalue weighted by Crippen LogP contribution is -2.26. The standard InChI is InChI=1S/C11H14N4O/c1-2-5-11(12-8-16)15-10-7-4-3-6-9(10)13-14-15/h3-4,6-8,11H,2,5H2,1H3,(H,12,16). The van der Waals surface area contributed by atoms with Crippen LogP contribution in [0.3, 0.4) is 0 Å². The van der Waals surface area contributed by atoms with Crippen LogP contribution >= 0.6 is 0 Å². The number of para-hydroxylation sites is 1. The van der Waals surface area contributed by atoms with E-state index in [-0.39, 0.29) is 6.17 Å². The molecule has 16 heavy (non-hydrogen) atoms. The van der Waals surface area contributed by atoms with Crippen molar-refractivity contribution in [1.82, 2.24) is 20.3 Å². The molecule has 0 saturated heterocycles. The summed E-state index contributed by atoms with van der Waals surface area (Å²) >= 11 is 0. The number of fused-ring (bicyclic) bond motifs is 1. The molecule has 1 heterocycles. The van der Waals surface area contributed by atoms with E-state index >= 15 is 0 Å². The maximum absolute atomic E-state index is 10.5. The number of aromatic nitrogens is 3. The SMILES string of the molecule is CCCC(NC=O)n1nnc2ccccc21. The van der Waals surface area contributed by atoms with Crippen molar-refractivity contribution in [3.8, 4) is 0 Å². The number of hydrogen-bond acceptors (Lipinski definition) is 3. The van der Waals surface area contributed by atoms with E-state index in [1.54, 1.807) is 4.68 Å². The first-order valence-electron chi connectivity index (χ1n) is 5.36. The summed E-state index contributed by atoms with van der Waals surface area (Å²) in [6, 6.07) is 7.71. The highest BCUT2D eigenvalue weighted by Crippen LogP contribution is 2.16. The number of rotatable bonds is 5. The number of carbonyl (C=O) groups excluding carboxylic acids is 1. The van der Waals surface area contributed by atoms with Gasteiger partial charge in [0.25, 0.3) is 0 Å². The van der Waals surface area contributed by atoms with Crippen molar-refractivity contribution in [2.24, 2.45) is 0 Å². The Labute approximate surface area is 93.4 Å². The van der Waals surface area contributed by atoms with Crippen LogP contribution < -0.4 is 5.32 Å². The van der Waals surface area contributed by atoms with E-state index in [1.165, 1.54) is 0 Å². The zero-order valence-corrected chi connectivity index (χ0v) is 9.13. The average Bonchev–Trinajstić information content (AvgIpc) is 2.72. The number of carbonyl (C=O) groups is 1. The summed E-state index contributed by atoms with van der Waals surface area (Å²) in [6.07, 6.45) is 2.40. The van der Waals surface area contributed by atoms with Crippen molar-refractivity contribution in [2.75, 3.05) is 0 Å². The molecule has 84 valence electrons. The van der Waals surface area contributed by atoms with Crippen LogP contribution in [0.4, 0.5) is 0 Å². The molecule has 0 aliphatic heterocycles. The van der Waals surface area contributed by atoms with Crippen LogP contribution in [0.25, 0.3) is 11.0 Å². The van der Waals surface area contributed by atoms with Crippen molar-refractivity contribution >= 4 is 17.4 Å². The highest BCUT2D eigenvalue weighted by molar-refractivity contribution is 5.74. The Bertz CT molecular complexity index is 480. The zero-order chi connectivity index (χ0) is 11.4. The van der Waals surface area contributed by atoms with Crippen molar-refractivity contribution in [2.45, 2.75) is 25.9 Å². The minimum atomic E-state index is -0.116. The van der Waals surface area contributed by atoms with E-state index in [9.17, 15) is 4.79 Å². The van der Waals surface area contributed by atoms with Gasteiger partial charge in [-0.05, 0) is 18.6 Å². The molecule has 5 nitrogen and oxygen atoms in total. The fourth-order valence-electron chi connectivity index (χ4n) is 1.75. The minimum absolute atomic E-state index is 0.116. The predicted octanol–water partition coefficient (Wildman–Crippen LogP) is 1.48. The lowest BCUT2D eigenvalue weighted by molar-refractivity contribution is -0.110. The smallest absolute Gasteiger partial charge is 0.208 e. The van der Waals surface area contributed by atoms with Crippen LogP contribution in [-0.2, 0) is 4.79 Å². The molecule has 0 fully saturated rings.